The summed E-state index contributed by atoms with van der Waals surface area (Å²) in [5.41, 5.74) is 4.53. The molecule has 6 nitrogen and oxygen atoms in total. The van der Waals surface area contributed by atoms with Crippen LogP contribution in [0, 0.1) is 6.92 Å². The van der Waals surface area contributed by atoms with Gasteiger partial charge in [-0.1, -0.05) is 0 Å². The second-order valence-electron chi connectivity index (χ2n) is 3.81. The first-order chi connectivity index (χ1) is 8.72. The zero-order valence-electron chi connectivity index (χ0n) is 10.3. The summed E-state index contributed by atoms with van der Waals surface area (Å²) in [7, 11) is 1.56. The van der Waals surface area contributed by atoms with Crippen LogP contribution in [0.4, 0.5) is 0 Å². The van der Waals surface area contributed by atoms with Gasteiger partial charge in [-0.05, 0) is 13.0 Å². The number of hydrazine groups is 1. The minimum atomic E-state index is -0.103. The minimum absolute atomic E-state index is 0.103. The molecule has 1 atom stereocenters. The van der Waals surface area contributed by atoms with Gasteiger partial charge in [-0.25, -0.2) is 4.98 Å². The summed E-state index contributed by atoms with van der Waals surface area (Å²) in [4.78, 5) is 4.41. The van der Waals surface area contributed by atoms with E-state index in [9.17, 15) is 0 Å². The molecule has 2 aromatic rings. The van der Waals surface area contributed by atoms with Crippen molar-refractivity contribution in [3.8, 4) is 5.88 Å². The van der Waals surface area contributed by atoms with Crippen molar-refractivity contribution in [1.82, 2.24) is 20.6 Å². The van der Waals surface area contributed by atoms with Crippen LogP contribution in [0.2, 0.25) is 0 Å². The van der Waals surface area contributed by atoms with Crippen molar-refractivity contribution in [2.45, 2.75) is 19.4 Å². The molecule has 0 radical (unpaired) electrons. The fourth-order valence-corrected chi connectivity index (χ4v) is 2.36. The molecule has 0 fully saturated rings. The van der Waals surface area contributed by atoms with Crippen LogP contribution >= 0.6 is 11.3 Å². The van der Waals surface area contributed by atoms with E-state index in [0.29, 0.717) is 12.3 Å². The Morgan fingerprint density at radius 1 is 1.44 bits per heavy atom. The Labute approximate surface area is 109 Å². The third kappa shape index (κ3) is 3.00. The van der Waals surface area contributed by atoms with Gasteiger partial charge in [0.1, 0.15) is 0 Å². The number of ether oxygens (including phenoxy) is 1. The number of nitrogens with one attached hydrogen (secondary N) is 1. The van der Waals surface area contributed by atoms with Crippen molar-refractivity contribution < 1.29 is 4.74 Å². The molecule has 0 bridgehead atoms. The van der Waals surface area contributed by atoms with Crippen molar-refractivity contribution in [1.29, 1.82) is 0 Å². The van der Waals surface area contributed by atoms with E-state index < -0.39 is 0 Å². The Balaban J connectivity index is 2.12. The average molecular weight is 265 g/mol. The van der Waals surface area contributed by atoms with E-state index in [0.717, 1.165) is 16.4 Å². The number of nitrogens with two attached hydrogens (primary N) is 1. The molecule has 2 rings (SSSR count). The number of hydrogen-bond donors (Lipinski definition) is 2. The van der Waals surface area contributed by atoms with Gasteiger partial charge in [-0.15, -0.1) is 16.4 Å². The fraction of sp³-hybridized carbons (Fsp3) is 0.364. The van der Waals surface area contributed by atoms with Crippen molar-refractivity contribution in [3.63, 3.8) is 0 Å². The monoisotopic (exact) mass is 265 g/mol. The van der Waals surface area contributed by atoms with E-state index in [1.165, 1.54) is 0 Å². The van der Waals surface area contributed by atoms with Crippen molar-refractivity contribution >= 4 is 11.3 Å². The van der Waals surface area contributed by atoms with E-state index in [-0.39, 0.29) is 6.04 Å². The molecule has 0 aliphatic heterocycles. The lowest BCUT2D eigenvalue weighted by atomic mass is 10.1. The Morgan fingerprint density at radius 3 is 2.78 bits per heavy atom. The van der Waals surface area contributed by atoms with Crippen LogP contribution in [-0.4, -0.2) is 22.3 Å². The molecule has 0 saturated carbocycles. The predicted octanol–water partition coefficient (Wildman–Crippen LogP) is 0.997. The molecule has 0 spiro atoms. The Hall–Kier alpha value is -1.57. The smallest absolute Gasteiger partial charge is 0.233 e. The zero-order chi connectivity index (χ0) is 13.0. The molecule has 2 heterocycles. The summed E-state index contributed by atoms with van der Waals surface area (Å²) in [5, 5.41) is 11.0. The van der Waals surface area contributed by atoms with Gasteiger partial charge in [0.15, 0.2) is 0 Å². The molecule has 0 amide bonds. The zero-order valence-corrected chi connectivity index (χ0v) is 11.1. The summed E-state index contributed by atoms with van der Waals surface area (Å²) in [6, 6.07) is 3.50. The Morgan fingerprint density at radius 2 is 2.28 bits per heavy atom. The van der Waals surface area contributed by atoms with Crippen molar-refractivity contribution in [3.05, 3.63) is 33.9 Å². The van der Waals surface area contributed by atoms with Gasteiger partial charge < -0.3 is 4.74 Å². The molecule has 3 N–H and O–H groups in total. The molecular formula is C11H15N5OS. The molecule has 96 valence electrons. The maximum absolute atomic E-state index is 5.56. The topological polar surface area (TPSA) is 86.0 Å². The average Bonchev–Trinajstić information content (AvgIpc) is 2.82. The van der Waals surface area contributed by atoms with Crippen molar-refractivity contribution in [2.75, 3.05) is 7.11 Å². The Bertz CT molecular complexity index is 498. The summed E-state index contributed by atoms with van der Waals surface area (Å²) < 4.78 is 4.97. The number of nitrogens with zero attached hydrogens (tertiary/aromatic N) is 3. The highest BCUT2D eigenvalue weighted by atomic mass is 32.1. The molecule has 18 heavy (non-hydrogen) atoms. The molecule has 0 aliphatic carbocycles. The molecule has 7 heteroatoms. The van der Waals surface area contributed by atoms with Gasteiger partial charge in [-0.3, -0.25) is 11.3 Å². The molecule has 0 aliphatic rings. The molecule has 0 saturated heterocycles. The van der Waals surface area contributed by atoms with Gasteiger partial charge in [0.2, 0.25) is 5.88 Å². The number of aromatic nitrogens is 3. The van der Waals surface area contributed by atoms with Gasteiger partial charge in [-0.2, -0.15) is 5.10 Å². The highest BCUT2D eigenvalue weighted by Gasteiger charge is 2.14. The quantitative estimate of drug-likeness (QED) is 0.619. The highest BCUT2D eigenvalue weighted by molar-refractivity contribution is 7.09. The lowest BCUT2D eigenvalue weighted by molar-refractivity contribution is 0.389. The van der Waals surface area contributed by atoms with Crippen LogP contribution in [0.3, 0.4) is 0 Å². The van der Waals surface area contributed by atoms with Gasteiger partial charge in [0.05, 0.1) is 23.9 Å². The first kappa shape index (κ1) is 12.9. The second-order valence-corrected chi connectivity index (χ2v) is 4.75. The third-order valence-electron chi connectivity index (χ3n) is 2.47. The third-order valence-corrected chi connectivity index (χ3v) is 3.46. The van der Waals surface area contributed by atoms with E-state index in [2.05, 4.69) is 20.6 Å². The van der Waals surface area contributed by atoms with Crippen LogP contribution in [0.15, 0.2) is 17.5 Å². The standard InChI is InChI=1S/C11H15N5OS/c1-7-6-18-11(13-7)5-9(14-12)8-3-4-10(17-2)16-15-8/h3-4,6,9,14H,5,12H2,1-2H3. The summed E-state index contributed by atoms with van der Waals surface area (Å²) in [6.45, 7) is 1.97. The lowest BCUT2D eigenvalue weighted by Crippen LogP contribution is -2.30. The normalized spacial score (nSPS) is 12.4. The number of rotatable bonds is 5. The van der Waals surface area contributed by atoms with E-state index in [1.807, 2.05) is 18.4 Å². The molecule has 2 aromatic heterocycles. The molecule has 1 unspecified atom stereocenters. The van der Waals surface area contributed by atoms with Gasteiger partial charge >= 0.3 is 0 Å². The van der Waals surface area contributed by atoms with Gasteiger partial charge in [0, 0.05) is 23.6 Å². The maximum atomic E-state index is 5.56. The van der Waals surface area contributed by atoms with E-state index in [1.54, 1.807) is 24.5 Å². The lowest BCUT2D eigenvalue weighted by Gasteiger charge is -2.13. The SMILES string of the molecule is COc1ccc(C(Cc2nc(C)cs2)NN)nn1. The van der Waals surface area contributed by atoms with E-state index >= 15 is 0 Å². The van der Waals surface area contributed by atoms with Gasteiger partial charge in [0.25, 0.3) is 0 Å². The van der Waals surface area contributed by atoms with Crippen LogP contribution in [0.1, 0.15) is 22.4 Å². The predicted molar refractivity (Wildman–Crippen MR) is 69.2 cm³/mol. The number of hydrogen-bond acceptors (Lipinski definition) is 7. The maximum Gasteiger partial charge on any atom is 0.233 e. The summed E-state index contributed by atoms with van der Waals surface area (Å²) in [5.74, 6) is 6.04. The van der Waals surface area contributed by atoms with Crippen LogP contribution < -0.4 is 16.0 Å². The minimum Gasteiger partial charge on any atom is -0.480 e. The highest BCUT2D eigenvalue weighted by Crippen LogP contribution is 2.19. The number of methoxy groups -OCH3 is 1. The number of thiazole rings is 1. The molecule has 0 aromatic carbocycles. The largest absolute Gasteiger partial charge is 0.480 e. The first-order valence-electron chi connectivity index (χ1n) is 5.47. The number of aryl methyl sites for hydroxylation is 1. The van der Waals surface area contributed by atoms with E-state index in [4.69, 9.17) is 10.6 Å². The van der Waals surface area contributed by atoms with Crippen LogP contribution in [-0.2, 0) is 6.42 Å². The second kappa shape index (κ2) is 5.85. The van der Waals surface area contributed by atoms with Crippen LogP contribution in [0.25, 0.3) is 0 Å². The molecular weight excluding hydrogens is 250 g/mol. The fourth-order valence-electron chi connectivity index (χ4n) is 1.55. The summed E-state index contributed by atoms with van der Waals surface area (Å²) in [6.07, 6.45) is 0.690. The Kier molecular flexibility index (Phi) is 4.19. The first-order valence-corrected chi connectivity index (χ1v) is 6.35. The van der Waals surface area contributed by atoms with Crippen LogP contribution in [0.5, 0.6) is 5.88 Å². The van der Waals surface area contributed by atoms with Crippen molar-refractivity contribution in [2.24, 2.45) is 5.84 Å². The summed E-state index contributed by atoms with van der Waals surface area (Å²) >= 11 is 1.62.